The van der Waals surface area contributed by atoms with Crippen LogP contribution in [0.3, 0.4) is 0 Å². The Morgan fingerprint density at radius 2 is 1.73 bits per heavy atom. The van der Waals surface area contributed by atoms with Crippen LogP contribution in [-0.2, 0) is 13.2 Å². The number of nitrogens with zero attached hydrogens (tertiary/aromatic N) is 2. The summed E-state index contributed by atoms with van der Waals surface area (Å²) in [5.41, 5.74) is 3.48. The fourth-order valence-corrected chi connectivity index (χ4v) is 2.68. The van der Waals surface area contributed by atoms with Crippen LogP contribution in [0.25, 0.3) is 22.4 Å². The largest absolute Gasteiger partial charge is 0.416 e. The minimum atomic E-state index is -4.36. The zero-order valence-electron chi connectivity index (χ0n) is 12.5. The summed E-state index contributed by atoms with van der Waals surface area (Å²) < 4.78 is 40.3. The van der Waals surface area contributed by atoms with Gasteiger partial charge in [-0.05, 0) is 37.6 Å². The number of aryl methyl sites for hydroxylation is 3. The number of imidazole rings is 1. The van der Waals surface area contributed by atoms with Crippen molar-refractivity contribution in [2.24, 2.45) is 7.05 Å². The standard InChI is InChI=1S/C17H15F3N2/c1-10-4-6-13(11(2)8-10)16-21-14-9-12(17(18,19)20)5-7-15(14)22(16)3/h4-9H,1-3H3. The van der Waals surface area contributed by atoms with Crippen molar-refractivity contribution in [3.63, 3.8) is 0 Å². The van der Waals surface area contributed by atoms with Crippen molar-refractivity contribution in [2.75, 3.05) is 0 Å². The van der Waals surface area contributed by atoms with Crippen LogP contribution in [0.15, 0.2) is 36.4 Å². The number of hydrogen-bond acceptors (Lipinski definition) is 1. The first-order chi connectivity index (χ1) is 10.3. The molecule has 0 spiro atoms. The van der Waals surface area contributed by atoms with E-state index in [-0.39, 0.29) is 0 Å². The van der Waals surface area contributed by atoms with E-state index in [0.29, 0.717) is 16.9 Å². The molecule has 0 fully saturated rings. The molecule has 0 saturated heterocycles. The molecule has 3 rings (SSSR count). The molecule has 1 aromatic heterocycles. The van der Waals surface area contributed by atoms with Crippen molar-refractivity contribution < 1.29 is 13.2 Å². The van der Waals surface area contributed by atoms with Crippen molar-refractivity contribution in [1.82, 2.24) is 9.55 Å². The highest BCUT2D eigenvalue weighted by molar-refractivity contribution is 5.82. The Morgan fingerprint density at radius 1 is 1.00 bits per heavy atom. The zero-order chi connectivity index (χ0) is 16.1. The monoisotopic (exact) mass is 304 g/mol. The number of benzene rings is 2. The highest BCUT2D eigenvalue weighted by atomic mass is 19.4. The Labute approximate surface area is 126 Å². The number of aromatic nitrogens is 2. The van der Waals surface area contributed by atoms with Gasteiger partial charge < -0.3 is 4.57 Å². The van der Waals surface area contributed by atoms with Crippen LogP contribution >= 0.6 is 0 Å². The maximum atomic E-state index is 12.8. The highest BCUT2D eigenvalue weighted by Gasteiger charge is 2.31. The lowest BCUT2D eigenvalue weighted by molar-refractivity contribution is -0.137. The minimum Gasteiger partial charge on any atom is -0.327 e. The van der Waals surface area contributed by atoms with Crippen LogP contribution in [0.4, 0.5) is 13.2 Å². The molecule has 22 heavy (non-hydrogen) atoms. The molecular weight excluding hydrogens is 289 g/mol. The van der Waals surface area contributed by atoms with Gasteiger partial charge in [-0.3, -0.25) is 0 Å². The summed E-state index contributed by atoms with van der Waals surface area (Å²) in [5.74, 6) is 0.673. The summed E-state index contributed by atoms with van der Waals surface area (Å²) in [6.07, 6.45) is -4.36. The quantitative estimate of drug-likeness (QED) is 0.627. The van der Waals surface area contributed by atoms with E-state index < -0.39 is 11.7 Å². The molecule has 2 nitrogen and oxygen atoms in total. The molecule has 0 aliphatic carbocycles. The zero-order valence-corrected chi connectivity index (χ0v) is 12.5. The molecule has 0 unspecified atom stereocenters. The lowest BCUT2D eigenvalue weighted by Crippen LogP contribution is -2.04. The van der Waals surface area contributed by atoms with Gasteiger partial charge >= 0.3 is 6.18 Å². The molecule has 0 radical (unpaired) electrons. The Bertz CT molecular complexity index is 860. The van der Waals surface area contributed by atoms with Gasteiger partial charge in [0.25, 0.3) is 0 Å². The van der Waals surface area contributed by atoms with Crippen molar-refractivity contribution in [1.29, 1.82) is 0 Å². The number of fused-ring (bicyclic) bond motifs is 1. The predicted octanol–water partition coefficient (Wildman–Crippen LogP) is 4.88. The number of alkyl halides is 3. The van der Waals surface area contributed by atoms with E-state index in [9.17, 15) is 13.2 Å². The van der Waals surface area contributed by atoms with Crippen molar-refractivity contribution in [2.45, 2.75) is 20.0 Å². The third-order valence-electron chi connectivity index (χ3n) is 3.83. The second kappa shape index (κ2) is 4.87. The second-order valence-electron chi connectivity index (χ2n) is 5.51. The van der Waals surface area contributed by atoms with Gasteiger partial charge in [0.05, 0.1) is 16.6 Å². The maximum Gasteiger partial charge on any atom is 0.416 e. The predicted molar refractivity (Wildman–Crippen MR) is 80.6 cm³/mol. The molecule has 0 atom stereocenters. The molecule has 1 heterocycles. The minimum absolute atomic E-state index is 0.354. The number of halogens is 3. The summed E-state index contributed by atoms with van der Waals surface area (Å²) in [6, 6.07) is 9.63. The first-order valence-corrected chi connectivity index (χ1v) is 6.88. The van der Waals surface area contributed by atoms with Gasteiger partial charge in [-0.15, -0.1) is 0 Å². The molecule has 2 aromatic carbocycles. The lowest BCUT2D eigenvalue weighted by Gasteiger charge is -2.07. The third kappa shape index (κ3) is 2.36. The SMILES string of the molecule is Cc1ccc(-c2nc3cc(C(F)(F)F)ccc3n2C)c(C)c1. The van der Waals surface area contributed by atoms with Crippen LogP contribution in [-0.4, -0.2) is 9.55 Å². The third-order valence-corrected chi connectivity index (χ3v) is 3.83. The van der Waals surface area contributed by atoms with Crippen LogP contribution in [0.5, 0.6) is 0 Å². The van der Waals surface area contributed by atoms with E-state index in [1.807, 2.05) is 43.7 Å². The molecule has 114 valence electrons. The summed E-state index contributed by atoms with van der Waals surface area (Å²) in [6.45, 7) is 3.98. The van der Waals surface area contributed by atoms with E-state index in [2.05, 4.69) is 4.98 Å². The van der Waals surface area contributed by atoms with Gasteiger partial charge in [0, 0.05) is 12.6 Å². The van der Waals surface area contributed by atoms with E-state index in [1.165, 1.54) is 6.07 Å². The Kier molecular flexibility index (Phi) is 3.24. The van der Waals surface area contributed by atoms with Crippen molar-refractivity contribution >= 4 is 11.0 Å². The summed E-state index contributed by atoms with van der Waals surface area (Å²) >= 11 is 0. The second-order valence-corrected chi connectivity index (χ2v) is 5.51. The van der Waals surface area contributed by atoms with E-state index in [4.69, 9.17) is 0 Å². The summed E-state index contributed by atoms with van der Waals surface area (Å²) in [4.78, 5) is 4.41. The molecule has 0 aliphatic rings. The van der Waals surface area contributed by atoms with E-state index in [0.717, 1.165) is 28.8 Å². The molecule has 5 heteroatoms. The normalized spacial score (nSPS) is 12.1. The van der Waals surface area contributed by atoms with Crippen LogP contribution in [0, 0.1) is 13.8 Å². The smallest absolute Gasteiger partial charge is 0.327 e. The van der Waals surface area contributed by atoms with Crippen molar-refractivity contribution in [3.05, 3.63) is 53.1 Å². The molecule has 0 bridgehead atoms. The molecule has 0 aliphatic heterocycles. The fraction of sp³-hybridized carbons (Fsp3) is 0.235. The molecule has 0 N–H and O–H groups in total. The molecular formula is C17H15F3N2. The summed E-state index contributed by atoms with van der Waals surface area (Å²) in [7, 11) is 1.82. The first-order valence-electron chi connectivity index (χ1n) is 6.88. The average molecular weight is 304 g/mol. The van der Waals surface area contributed by atoms with Crippen LogP contribution in [0.1, 0.15) is 16.7 Å². The van der Waals surface area contributed by atoms with Gasteiger partial charge in [0.1, 0.15) is 5.82 Å². The Hall–Kier alpha value is -2.30. The fourth-order valence-electron chi connectivity index (χ4n) is 2.68. The van der Waals surface area contributed by atoms with Gasteiger partial charge in [-0.1, -0.05) is 23.8 Å². The summed E-state index contributed by atoms with van der Waals surface area (Å²) in [5, 5.41) is 0. The number of hydrogen-bond donors (Lipinski definition) is 0. The topological polar surface area (TPSA) is 17.8 Å². The molecule has 0 saturated carbocycles. The Morgan fingerprint density at radius 3 is 2.36 bits per heavy atom. The number of rotatable bonds is 1. The first kappa shape index (κ1) is 14.6. The van der Waals surface area contributed by atoms with E-state index in [1.54, 1.807) is 0 Å². The van der Waals surface area contributed by atoms with E-state index >= 15 is 0 Å². The Balaban J connectivity index is 2.21. The molecule has 0 amide bonds. The van der Waals surface area contributed by atoms with Crippen LogP contribution < -0.4 is 0 Å². The van der Waals surface area contributed by atoms with Gasteiger partial charge in [0.2, 0.25) is 0 Å². The average Bonchev–Trinajstić information content (AvgIpc) is 2.75. The molecule has 3 aromatic rings. The lowest BCUT2D eigenvalue weighted by atomic mass is 10.1. The van der Waals surface area contributed by atoms with Crippen molar-refractivity contribution in [3.8, 4) is 11.4 Å². The van der Waals surface area contributed by atoms with Gasteiger partial charge in [-0.25, -0.2) is 4.98 Å². The van der Waals surface area contributed by atoms with Gasteiger partial charge in [-0.2, -0.15) is 13.2 Å². The van der Waals surface area contributed by atoms with Gasteiger partial charge in [0.15, 0.2) is 0 Å². The maximum absolute atomic E-state index is 12.8. The highest BCUT2D eigenvalue weighted by Crippen LogP contribution is 2.33. The van der Waals surface area contributed by atoms with Crippen LogP contribution in [0.2, 0.25) is 0 Å².